The van der Waals surface area contributed by atoms with Crippen LogP contribution in [0.2, 0.25) is 0 Å². The number of nitrogens with zero attached hydrogens (tertiary/aromatic N) is 2. The van der Waals surface area contributed by atoms with Gasteiger partial charge in [0.05, 0.1) is 35.4 Å². The Labute approximate surface area is 163 Å². The van der Waals surface area contributed by atoms with Crippen LogP contribution in [0.1, 0.15) is 18.1 Å². The molecule has 3 heterocycles. The van der Waals surface area contributed by atoms with Crippen molar-refractivity contribution in [1.82, 2.24) is 9.88 Å². The normalized spacial score (nSPS) is 22.6. The van der Waals surface area contributed by atoms with Crippen molar-refractivity contribution in [3.63, 3.8) is 0 Å². The third-order valence-electron chi connectivity index (χ3n) is 4.21. The van der Waals surface area contributed by atoms with E-state index >= 15 is 0 Å². The van der Waals surface area contributed by atoms with Crippen LogP contribution in [0.3, 0.4) is 0 Å². The summed E-state index contributed by atoms with van der Waals surface area (Å²) in [6.07, 6.45) is 1.19. The Bertz CT molecular complexity index is 726. The van der Waals surface area contributed by atoms with Crippen molar-refractivity contribution in [2.75, 3.05) is 45.8 Å². The standard InChI is InChI=1S/C19H25N3O4S/c1-19(12-25-17(26-13-19)15-5-4-10-27-15)18(23)21-14-6-7-16(20-11-14)24-9-8-22(2)3/h4-7,10-11,17H,8-9,12-13H2,1-3H3,(H,21,23). The number of thiophene rings is 1. The second-order valence-electron chi connectivity index (χ2n) is 7.02. The number of anilines is 1. The van der Waals surface area contributed by atoms with Crippen LogP contribution < -0.4 is 10.1 Å². The summed E-state index contributed by atoms with van der Waals surface area (Å²) in [6.45, 7) is 3.79. The zero-order valence-corrected chi connectivity index (χ0v) is 16.6. The van der Waals surface area contributed by atoms with Gasteiger partial charge in [-0.1, -0.05) is 6.07 Å². The molecule has 2 aromatic heterocycles. The summed E-state index contributed by atoms with van der Waals surface area (Å²) >= 11 is 1.58. The van der Waals surface area contributed by atoms with E-state index in [-0.39, 0.29) is 5.91 Å². The molecule has 0 aromatic carbocycles. The van der Waals surface area contributed by atoms with Gasteiger partial charge in [-0.05, 0) is 38.5 Å². The predicted octanol–water partition coefficient (Wildman–Crippen LogP) is 2.77. The molecule has 2 aromatic rings. The first-order valence-corrected chi connectivity index (χ1v) is 9.66. The quantitative estimate of drug-likeness (QED) is 0.782. The molecule has 1 aliphatic heterocycles. The molecule has 0 saturated carbocycles. The number of aromatic nitrogens is 1. The zero-order chi connectivity index (χ0) is 19.3. The monoisotopic (exact) mass is 391 g/mol. The maximum Gasteiger partial charge on any atom is 0.235 e. The second kappa shape index (κ2) is 8.79. The Kier molecular flexibility index (Phi) is 6.43. The minimum absolute atomic E-state index is 0.157. The number of rotatable bonds is 7. The first-order chi connectivity index (χ1) is 13.0. The topological polar surface area (TPSA) is 72.9 Å². The van der Waals surface area contributed by atoms with E-state index in [1.807, 2.05) is 43.4 Å². The number of carbonyl (C=O) groups is 1. The summed E-state index contributed by atoms with van der Waals surface area (Å²) in [4.78, 5) is 19.9. The van der Waals surface area contributed by atoms with Crippen molar-refractivity contribution < 1.29 is 19.0 Å². The average Bonchev–Trinajstić information content (AvgIpc) is 3.18. The molecule has 7 nitrogen and oxygen atoms in total. The van der Waals surface area contributed by atoms with Gasteiger partial charge in [-0.2, -0.15) is 0 Å². The summed E-state index contributed by atoms with van der Waals surface area (Å²) in [5.41, 5.74) is -0.143. The van der Waals surface area contributed by atoms with E-state index < -0.39 is 11.7 Å². The number of hydrogen-bond donors (Lipinski definition) is 1. The SMILES string of the molecule is CN(C)CCOc1ccc(NC(=O)C2(C)COC(c3cccs3)OC2)cn1. The van der Waals surface area contributed by atoms with Crippen LogP contribution >= 0.6 is 11.3 Å². The van der Waals surface area contributed by atoms with Gasteiger partial charge in [0.2, 0.25) is 11.8 Å². The number of pyridine rings is 1. The van der Waals surface area contributed by atoms with Crippen LogP contribution in [-0.4, -0.2) is 56.3 Å². The fourth-order valence-electron chi connectivity index (χ4n) is 2.48. The van der Waals surface area contributed by atoms with Gasteiger partial charge in [-0.25, -0.2) is 4.98 Å². The van der Waals surface area contributed by atoms with Gasteiger partial charge in [0, 0.05) is 12.6 Å². The van der Waals surface area contributed by atoms with Crippen LogP contribution in [0.4, 0.5) is 5.69 Å². The van der Waals surface area contributed by atoms with Crippen LogP contribution in [0.5, 0.6) is 5.88 Å². The van der Waals surface area contributed by atoms with Crippen molar-refractivity contribution in [3.05, 3.63) is 40.7 Å². The Hall–Kier alpha value is -2.00. The van der Waals surface area contributed by atoms with Crippen molar-refractivity contribution in [1.29, 1.82) is 0 Å². The number of likely N-dealkylation sites (N-methyl/N-ethyl adjacent to an activating group) is 1. The molecule has 1 fully saturated rings. The summed E-state index contributed by atoms with van der Waals surface area (Å²) < 4.78 is 17.1. The highest BCUT2D eigenvalue weighted by Crippen LogP contribution is 2.34. The van der Waals surface area contributed by atoms with E-state index in [9.17, 15) is 4.79 Å². The maximum absolute atomic E-state index is 12.7. The summed E-state index contributed by atoms with van der Waals surface area (Å²) in [7, 11) is 3.97. The molecule has 0 bridgehead atoms. The van der Waals surface area contributed by atoms with Crippen molar-refractivity contribution in [3.8, 4) is 5.88 Å². The van der Waals surface area contributed by atoms with Gasteiger partial charge in [0.1, 0.15) is 6.61 Å². The Morgan fingerprint density at radius 3 is 2.74 bits per heavy atom. The molecule has 8 heteroatoms. The number of carbonyl (C=O) groups excluding carboxylic acids is 1. The molecule has 1 amide bonds. The Morgan fingerprint density at radius 1 is 1.37 bits per heavy atom. The van der Waals surface area contributed by atoms with Gasteiger partial charge in [0.25, 0.3) is 0 Å². The molecule has 0 aliphatic carbocycles. The van der Waals surface area contributed by atoms with Crippen molar-refractivity contribution >= 4 is 22.9 Å². The second-order valence-corrected chi connectivity index (χ2v) is 8.00. The number of hydrogen-bond acceptors (Lipinski definition) is 7. The van der Waals surface area contributed by atoms with E-state index in [4.69, 9.17) is 14.2 Å². The van der Waals surface area contributed by atoms with Gasteiger partial charge in [0.15, 0.2) is 6.29 Å². The third-order valence-corrected chi connectivity index (χ3v) is 5.11. The Morgan fingerprint density at radius 2 is 2.15 bits per heavy atom. The third kappa shape index (κ3) is 5.26. The van der Waals surface area contributed by atoms with Crippen LogP contribution in [0.15, 0.2) is 35.8 Å². The summed E-state index contributed by atoms with van der Waals surface area (Å²) in [5, 5.41) is 4.86. The van der Waals surface area contributed by atoms with Crippen molar-refractivity contribution in [2.45, 2.75) is 13.2 Å². The summed E-state index contributed by atoms with van der Waals surface area (Å²) in [5.74, 6) is 0.374. The molecule has 0 spiro atoms. The molecule has 27 heavy (non-hydrogen) atoms. The van der Waals surface area contributed by atoms with Gasteiger partial charge in [-0.3, -0.25) is 4.79 Å². The molecular weight excluding hydrogens is 366 g/mol. The van der Waals surface area contributed by atoms with E-state index in [0.29, 0.717) is 31.4 Å². The lowest BCUT2D eigenvalue weighted by atomic mass is 9.91. The molecule has 0 radical (unpaired) electrons. The van der Waals surface area contributed by atoms with Gasteiger partial charge >= 0.3 is 0 Å². The highest BCUT2D eigenvalue weighted by molar-refractivity contribution is 7.10. The molecule has 1 saturated heterocycles. The highest BCUT2D eigenvalue weighted by Gasteiger charge is 2.40. The van der Waals surface area contributed by atoms with Crippen LogP contribution in [-0.2, 0) is 14.3 Å². The van der Waals surface area contributed by atoms with E-state index in [2.05, 4.69) is 10.3 Å². The van der Waals surface area contributed by atoms with Gasteiger partial charge < -0.3 is 24.4 Å². The van der Waals surface area contributed by atoms with E-state index in [1.165, 1.54) is 0 Å². The fraction of sp³-hybridized carbons (Fsp3) is 0.474. The predicted molar refractivity (Wildman–Crippen MR) is 104 cm³/mol. The molecule has 1 aliphatic rings. The minimum atomic E-state index is -0.755. The maximum atomic E-state index is 12.7. The Balaban J connectivity index is 1.51. The van der Waals surface area contributed by atoms with Crippen LogP contribution in [0, 0.1) is 5.41 Å². The largest absolute Gasteiger partial charge is 0.476 e. The number of ether oxygens (including phenoxy) is 3. The first-order valence-electron chi connectivity index (χ1n) is 8.78. The lowest BCUT2D eigenvalue weighted by molar-refractivity contribution is -0.225. The molecule has 3 rings (SSSR count). The van der Waals surface area contributed by atoms with E-state index in [1.54, 1.807) is 29.7 Å². The zero-order valence-electron chi connectivity index (χ0n) is 15.8. The molecule has 146 valence electrons. The van der Waals surface area contributed by atoms with Crippen LogP contribution in [0.25, 0.3) is 0 Å². The lowest BCUT2D eigenvalue weighted by Gasteiger charge is -2.35. The highest BCUT2D eigenvalue weighted by atomic mass is 32.1. The smallest absolute Gasteiger partial charge is 0.235 e. The minimum Gasteiger partial charge on any atom is -0.476 e. The summed E-state index contributed by atoms with van der Waals surface area (Å²) in [6, 6.07) is 7.44. The molecule has 0 unspecified atom stereocenters. The molecule has 1 N–H and O–H groups in total. The lowest BCUT2D eigenvalue weighted by Crippen LogP contribution is -2.45. The number of amides is 1. The molecule has 0 atom stereocenters. The fourth-order valence-corrected chi connectivity index (χ4v) is 3.20. The average molecular weight is 391 g/mol. The number of nitrogens with one attached hydrogen (secondary N) is 1. The van der Waals surface area contributed by atoms with Crippen molar-refractivity contribution in [2.24, 2.45) is 5.41 Å². The first kappa shape index (κ1) is 19.8. The van der Waals surface area contributed by atoms with E-state index in [0.717, 1.165) is 11.4 Å². The molecular formula is C19H25N3O4S. The van der Waals surface area contributed by atoms with Gasteiger partial charge in [-0.15, -0.1) is 11.3 Å².